The third-order valence-electron chi connectivity index (χ3n) is 13.4. The molecule has 10 atom stereocenters. The molecular weight excluding hydrogens is 440 g/mol. The molecule has 5 nitrogen and oxygen atoms in total. The normalized spacial score (nSPS) is 55.7. The lowest BCUT2D eigenvalue weighted by atomic mass is 9.33. The summed E-state index contributed by atoms with van der Waals surface area (Å²) >= 11 is 0. The molecule has 0 aromatic carbocycles. The minimum absolute atomic E-state index is 0.0412. The lowest BCUT2D eigenvalue weighted by molar-refractivity contribution is -0.209. The van der Waals surface area contributed by atoms with Gasteiger partial charge < -0.3 is 15.3 Å². The van der Waals surface area contributed by atoms with Crippen LogP contribution in [0, 0.1) is 50.7 Å². The maximum absolute atomic E-state index is 13.0. The lowest BCUT2D eigenvalue weighted by Crippen LogP contribution is -2.67. The lowest BCUT2D eigenvalue weighted by Gasteiger charge is -2.71. The Morgan fingerprint density at radius 2 is 1.69 bits per heavy atom. The number of carboxylic acids is 1. The van der Waals surface area contributed by atoms with Crippen molar-refractivity contribution in [1.82, 2.24) is 0 Å². The highest BCUT2D eigenvalue weighted by molar-refractivity contribution is 5.86. The largest absolute Gasteiger partial charge is 0.481 e. The number of carbonyl (C=O) groups excluding carboxylic acids is 1. The molecule has 0 unspecified atom stereocenters. The zero-order chi connectivity index (χ0) is 25.8. The summed E-state index contributed by atoms with van der Waals surface area (Å²) in [5.74, 6) is -0.321. The number of fused-ring (bicyclic) bond motifs is 7. The highest BCUT2D eigenvalue weighted by Gasteiger charge is 2.71. The van der Waals surface area contributed by atoms with Gasteiger partial charge in [0.05, 0.1) is 23.0 Å². The number of carbonyl (C=O) groups is 2. The second-order valence-corrected chi connectivity index (χ2v) is 14.4. The molecule has 0 amide bonds. The van der Waals surface area contributed by atoms with Crippen LogP contribution in [-0.4, -0.2) is 39.3 Å². The fourth-order valence-electron chi connectivity index (χ4n) is 10.7. The van der Waals surface area contributed by atoms with Crippen molar-refractivity contribution < 1.29 is 24.9 Å². The van der Waals surface area contributed by atoms with E-state index in [4.69, 9.17) is 0 Å². The van der Waals surface area contributed by atoms with Crippen LogP contribution in [0.3, 0.4) is 0 Å². The number of aliphatic hydroxyl groups is 2. The molecular formula is C30H46O5. The van der Waals surface area contributed by atoms with E-state index in [1.165, 1.54) is 5.57 Å². The van der Waals surface area contributed by atoms with Crippen LogP contribution >= 0.6 is 0 Å². The number of carboxylic acid groups (broad SMARTS) is 1. The molecule has 0 aromatic rings. The molecule has 35 heavy (non-hydrogen) atoms. The summed E-state index contributed by atoms with van der Waals surface area (Å²) < 4.78 is 0. The van der Waals surface area contributed by atoms with Crippen molar-refractivity contribution in [3.05, 3.63) is 11.6 Å². The van der Waals surface area contributed by atoms with Crippen molar-refractivity contribution in [2.24, 2.45) is 50.7 Å². The average Bonchev–Trinajstić information content (AvgIpc) is 2.79. The molecule has 0 aromatic heterocycles. The summed E-state index contributed by atoms with van der Waals surface area (Å²) in [6.07, 6.45) is 9.29. The summed E-state index contributed by atoms with van der Waals surface area (Å²) in [7, 11) is 0. The first-order chi connectivity index (χ1) is 16.1. The van der Waals surface area contributed by atoms with Crippen LogP contribution in [0.15, 0.2) is 11.6 Å². The van der Waals surface area contributed by atoms with Gasteiger partial charge in [-0.05, 0) is 92.3 Å². The van der Waals surface area contributed by atoms with E-state index < -0.39 is 22.4 Å². The van der Waals surface area contributed by atoms with Crippen molar-refractivity contribution in [1.29, 1.82) is 0 Å². The Balaban J connectivity index is 1.64. The maximum Gasteiger partial charge on any atom is 0.310 e. The topological polar surface area (TPSA) is 94.8 Å². The molecule has 0 radical (unpaired) electrons. The summed E-state index contributed by atoms with van der Waals surface area (Å²) in [6.45, 7) is 13.0. The van der Waals surface area contributed by atoms with E-state index in [2.05, 4.69) is 33.8 Å². The summed E-state index contributed by atoms with van der Waals surface area (Å²) in [5.41, 5.74) is -1.70. The smallest absolute Gasteiger partial charge is 0.310 e. The molecule has 5 heteroatoms. The Hall–Kier alpha value is -1.20. The van der Waals surface area contributed by atoms with Crippen molar-refractivity contribution in [3.8, 4) is 0 Å². The monoisotopic (exact) mass is 486 g/mol. The minimum Gasteiger partial charge on any atom is -0.481 e. The summed E-state index contributed by atoms with van der Waals surface area (Å²) in [6, 6.07) is 0. The molecule has 196 valence electrons. The van der Waals surface area contributed by atoms with Crippen LogP contribution in [0.4, 0.5) is 0 Å². The second-order valence-electron chi connectivity index (χ2n) is 14.4. The van der Waals surface area contributed by atoms with Gasteiger partial charge in [0.2, 0.25) is 0 Å². The Kier molecular flexibility index (Phi) is 5.40. The van der Waals surface area contributed by atoms with Gasteiger partial charge in [-0.25, -0.2) is 0 Å². The predicted molar refractivity (Wildman–Crippen MR) is 134 cm³/mol. The average molecular weight is 487 g/mol. The third-order valence-corrected chi connectivity index (χ3v) is 13.4. The first-order valence-electron chi connectivity index (χ1n) is 14.0. The SMILES string of the molecule is C[C@@H]1CC[C@]2(C(=O)O)CC[C@]3(C)C(=CC[C@@H]4[C@@]5(C)CCC(=O)[C@@](C)(CO)[C@@H]5CC[C@]43C)[C@@H]2[C@]1(C)O. The van der Waals surface area contributed by atoms with Gasteiger partial charge in [-0.1, -0.05) is 46.3 Å². The number of aliphatic carboxylic acids is 1. The molecule has 0 heterocycles. The van der Waals surface area contributed by atoms with Crippen LogP contribution in [-0.2, 0) is 9.59 Å². The number of hydrogen-bond donors (Lipinski definition) is 3. The number of ketones is 1. The van der Waals surface area contributed by atoms with E-state index in [0.29, 0.717) is 25.2 Å². The van der Waals surface area contributed by atoms with Crippen molar-refractivity contribution >= 4 is 11.8 Å². The number of rotatable bonds is 2. The molecule has 5 aliphatic carbocycles. The van der Waals surface area contributed by atoms with Gasteiger partial charge in [0.1, 0.15) is 5.78 Å². The van der Waals surface area contributed by atoms with Gasteiger partial charge in [-0.15, -0.1) is 0 Å². The molecule has 4 saturated carbocycles. The van der Waals surface area contributed by atoms with Gasteiger partial charge in [-0.2, -0.15) is 0 Å². The number of hydrogen-bond acceptors (Lipinski definition) is 4. The Bertz CT molecular complexity index is 983. The van der Waals surface area contributed by atoms with Crippen molar-refractivity contribution in [2.45, 2.75) is 105 Å². The fourth-order valence-corrected chi connectivity index (χ4v) is 10.7. The van der Waals surface area contributed by atoms with Crippen molar-refractivity contribution in [3.63, 3.8) is 0 Å². The molecule has 0 aliphatic heterocycles. The summed E-state index contributed by atoms with van der Waals surface area (Å²) in [4.78, 5) is 25.8. The molecule has 0 spiro atoms. The second kappa shape index (κ2) is 7.43. The zero-order valence-corrected chi connectivity index (χ0v) is 22.6. The van der Waals surface area contributed by atoms with E-state index in [0.717, 1.165) is 38.5 Å². The standard InChI is InChI=1S/C30H46O5/c1-18-9-14-30(24(33)34)16-15-27(4)19(23(30)29(18,6)35)7-8-21-25(2)12-11-22(32)26(3,17-31)20(25)10-13-28(21,27)5/h7,18,20-21,23,31,35H,8-17H2,1-6H3,(H,33,34)/t18-,20-,21-,23-,25+,26+,27-,28-,29-,30+/m1/s1. The number of aliphatic hydroxyl groups excluding tert-OH is 1. The Morgan fingerprint density at radius 3 is 2.31 bits per heavy atom. The number of Topliss-reactive ketones (excluding diaryl/α,β-unsaturated/α-hetero) is 1. The van der Waals surface area contributed by atoms with Gasteiger partial charge in [-0.3, -0.25) is 9.59 Å². The molecule has 0 saturated heterocycles. The molecule has 3 N–H and O–H groups in total. The summed E-state index contributed by atoms with van der Waals surface area (Å²) in [5, 5.41) is 32.8. The van der Waals surface area contributed by atoms with E-state index in [1.807, 2.05) is 13.8 Å². The highest BCUT2D eigenvalue weighted by Crippen LogP contribution is 2.75. The van der Waals surface area contributed by atoms with E-state index in [1.54, 1.807) is 0 Å². The van der Waals surface area contributed by atoms with Crippen LogP contribution in [0.2, 0.25) is 0 Å². The highest BCUT2D eigenvalue weighted by atomic mass is 16.4. The first-order valence-corrected chi connectivity index (χ1v) is 14.0. The molecule has 4 fully saturated rings. The van der Waals surface area contributed by atoms with E-state index in [-0.39, 0.29) is 46.4 Å². The third kappa shape index (κ3) is 2.83. The Labute approximate surface area is 210 Å². The zero-order valence-electron chi connectivity index (χ0n) is 22.6. The van der Waals surface area contributed by atoms with Gasteiger partial charge >= 0.3 is 5.97 Å². The van der Waals surface area contributed by atoms with Crippen LogP contribution in [0.1, 0.15) is 99.3 Å². The first kappa shape index (κ1) is 25.4. The van der Waals surface area contributed by atoms with Gasteiger partial charge in [0.25, 0.3) is 0 Å². The number of allylic oxidation sites excluding steroid dienone is 1. The fraction of sp³-hybridized carbons (Fsp3) is 0.867. The van der Waals surface area contributed by atoms with Crippen LogP contribution in [0.25, 0.3) is 0 Å². The maximum atomic E-state index is 13.0. The molecule has 5 aliphatic rings. The predicted octanol–water partition coefficient (Wildman–Crippen LogP) is 5.39. The Morgan fingerprint density at radius 1 is 1.00 bits per heavy atom. The van der Waals surface area contributed by atoms with E-state index in [9.17, 15) is 24.9 Å². The van der Waals surface area contributed by atoms with Crippen LogP contribution in [0.5, 0.6) is 0 Å². The van der Waals surface area contributed by atoms with Gasteiger partial charge in [0.15, 0.2) is 0 Å². The quantitative estimate of drug-likeness (QED) is 0.455. The van der Waals surface area contributed by atoms with Gasteiger partial charge in [0, 0.05) is 12.3 Å². The molecule has 0 bridgehead atoms. The molecule has 5 rings (SSSR count). The van der Waals surface area contributed by atoms with Crippen molar-refractivity contribution in [2.75, 3.05) is 6.61 Å². The minimum atomic E-state index is -1.05. The van der Waals surface area contributed by atoms with Crippen LogP contribution < -0.4 is 0 Å². The van der Waals surface area contributed by atoms with E-state index >= 15 is 0 Å².